The number of non-ortho nitro benzene ring substituents is 1. The van der Waals surface area contributed by atoms with Crippen LogP contribution in [0.4, 0.5) is 11.5 Å². The Labute approximate surface area is 217 Å². The van der Waals surface area contributed by atoms with Gasteiger partial charge in [0.25, 0.3) is 11.2 Å². The summed E-state index contributed by atoms with van der Waals surface area (Å²) in [6.45, 7) is 1.96. The molecule has 0 aliphatic carbocycles. The maximum absolute atomic E-state index is 13.9. The second-order valence-corrected chi connectivity index (χ2v) is 8.55. The van der Waals surface area contributed by atoms with Crippen LogP contribution in [0.5, 0.6) is 0 Å². The zero-order chi connectivity index (χ0) is 27.4. The Hall–Kier alpha value is -5.31. The van der Waals surface area contributed by atoms with Crippen LogP contribution < -0.4 is 11.2 Å². The molecule has 0 saturated carbocycles. The van der Waals surface area contributed by atoms with Crippen LogP contribution in [0.2, 0.25) is 0 Å². The van der Waals surface area contributed by atoms with Crippen LogP contribution in [0.25, 0.3) is 22.6 Å². The van der Waals surface area contributed by atoms with Gasteiger partial charge in [0.15, 0.2) is 5.82 Å². The molecule has 12 nitrogen and oxygen atoms in total. The van der Waals surface area contributed by atoms with Crippen LogP contribution in [0, 0.1) is 21.4 Å². The molecule has 0 unspecified atom stereocenters. The Morgan fingerprint density at radius 3 is 2.50 bits per heavy atom. The lowest BCUT2D eigenvalue weighted by Crippen LogP contribution is -2.40. The molecular formula is C26H24N8O4. The van der Waals surface area contributed by atoms with E-state index in [4.69, 9.17) is 5.26 Å². The Balaban J connectivity index is 2.13. The van der Waals surface area contributed by atoms with Crippen LogP contribution in [0.1, 0.15) is 18.9 Å². The second kappa shape index (κ2) is 10.8. The third kappa shape index (κ3) is 4.85. The van der Waals surface area contributed by atoms with Crippen LogP contribution >= 0.6 is 0 Å². The number of benzene rings is 2. The van der Waals surface area contributed by atoms with E-state index >= 15 is 0 Å². The first kappa shape index (κ1) is 25.8. The summed E-state index contributed by atoms with van der Waals surface area (Å²) in [7, 11) is 3.47. The largest absolute Gasteiger partial charge is 0.369 e. The number of aromatic nitrogens is 4. The number of hydrogen-bond acceptors (Lipinski definition) is 7. The van der Waals surface area contributed by atoms with Crippen molar-refractivity contribution >= 4 is 17.8 Å². The number of nitriles is 1. The van der Waals surface area contributed by atoms with Crippen LogP contribution in [0.3, 0.4) is 0 Å². The molecule has 0 spiro atoms. The van der Waals surface area contributed by atoms with Crippen molar-refractivity contribution in [3.05, 3.63) is 97.3 Å². The minimum Gasteiger partial charge on any atom is -0.369 e. The Bertz CT molecular complexity index is 1690. The molecule has 0 saturated heterocycles. The molecule has 0 aliphatic rings. The average Bonchev–Trinajstić information content (AvgIpc) is 3.39. The van der Waals surface area contributed by atoms with Crippen molar-refractivity contribution in [3.8, 4) is 28.7 Å². The summed E-state index contributed by atoms with van der Waals surface area (Å²) in [6.07, 6.45) is 3.45. The molecule has 0 fully saturated rings. The predicted octanol–water partition coefficient (Wildman–Crippen LogP) is 3.26. The fourth-order valence-electron chi connectivity index (χ4n) is 3.93. The van der Waals surface area contributed by atoms with E-state index in [1.165, 1.54) is 40.0 Å². The van der Waals surface area contributed by atoms with Crippen molar-refractivity contribution in [3.63, 3.8) is 0 Å². The molecule has 2 heterocycles. The van der Waals surface area contributed by atoms with E-state index < -0.39 is 16.2 Å². The molecule has 192 valence electrons. The van der Waals surface area contributed by atoms with Gasteiger partial charge in [0.1, 0.15) is 5.56 Å². The first-order chi connectivity index (χ1) is 18.3. The van der Waals surface area contributed by atoms with Crippen molar-refractivity contribution in [2.24, 2.45) is 4.99 Å². The molecule has 4 rings (SSSR count). The van der Waals surface area contributed by atoms with Gasteiger partial charge in [-0.05, 0) is 42.8 Å². The van der Waals surface area contributed by atoms with Gasteiger partial charge < -0.3 is 4.90 Å². The van der Waals surface area contributed by atoms with Gasteiger partial charge in [-0.3, -0.25) is 19.5 Å². The van der Waals surface area contributed by atoms with Gasteiger partial charge in [0.05, 0.1) is 46.2 Å². The normalized spacial score (nSPS) is 11.0. The minimum atomic E-state index is -0.670. The summed E-state index contributed by atoms with van der Waals surface area (Å²) in [5, 5.41) is 25.0. The lowest BCUT2D eigenvalue weighted by Gasteiger charge is -2.18. The molecule has 0 amide bonds. The summed E-state index contributed by atoms with van der Waals surface area (Å²) in [6, 6.07) is 15.9. The standard InChI is InChI=1S/C26H24N8O4/c1-4-14-31-25(35)23(22-12-13-29-33(22)19-10-8-18(16-27)9-11-19)24(28-17-30(2)3)32(26(31)36)20-6-5-7-21(15-20)34(37)38/h5-13,15,17H,4,14H2,1-3H3/b28-17-. The molecule has 0 bridgehead atoms. The van der Waals surface area contributed by atoms with E-state index in [0.29, 0.717) is 23.4 Å². The van der Waals surface area contributed by atoms with E-state index in [1.54, 1.807) is 55.4 Å². The summed E-state index contributed by atoms with van der Waals surface area (Å²) in [5.74, 6) is -0.00283. The third-order valence-electron chi connectivity index (χ3n) is 5.61. The highest BCUT2D eigenvalue weighted by molar-refractivity contribution is 5.76. The van der Waals surface area contributed by atoms with Crippen molar-refractivity contribution < 1.29 is 4.92 Å². The topological polar surface area (TPSA) is 144 Å². The third-order valence-corrected chi connectivity index (χ3v) is 5.61. The molecule has 2 aromatic carbocycles. The number of rotatable bonds is 8. The van der Waals surface area contributed by atoms with E-state index in [1.807, 2.05) is 6.92 Å². The SMILES string of the molecule is CCCn1c(=O)c(-c2ccnn2-c2ccc(C#N)cc2)c(/N=C\N(C)C)n(-c2cccc([N+](=O)[O-])c2)c1=O. The predicted molar refractivity (Wildman–Crippen MR) is 142 cm³/mol. The highest BCUT2D eigenvalue weighted by atomic mass is 16.6. The van der Waals surface area contributed by atoms with Gasteiger partial charge in [0.2, 0.25) is 0 Å². The highest BCUT2D eigenvalue weighted by Gasteiger charge is 2.25. The van der Waals surface area contributed by atoms with Gasteiger partial charge in [-0.2, -0.15) is 10.4 Å². The Morgan fingerprint density at radius 1 is 1.13 bits per heavy atom. The fraction of sp³-hybridized carbons (Fsp3) is 0.192. The molecule has 38 heavy (non-hydrogen) atoms. The number of nitrogens with zero attached hydrogens (tertiary/aromatic N) is 8. The maximum atomic E-state index is 13.9. The molecule has 2 aromatic heterocycles. The van der Waals surface area contributed by atoms with E-state index in [0.717, 1.165) is 4.57 Å². The molecule has 12 heteroatoms. The Kier molecular flexibility index (Phi) is 7.29. The van der Waals surface area contributed by atoms with Gasteiger partial charge in [0, 0.05) is 32.8 Å². The number of nitro groups is 1. The lowest BCUT2D eigenvalue weighted by molar-refractivity contribution is -0.384. The highest BCUT2D eigenvalue weighted by Crippen LogP contribution is 2.30. The minimum absolute atomic E-state index is 0.00283. The van der Waals surface area contributed by atoms with Crippen LogP contribution in [-0.2, 0) is 6.54 Å². The number of aliphatic imine (C=N–C) groups is 1. The van der Waals surface area contributed by atoms with E-state index in [9.17, 15) is 19.7 Å². The fourth-order valence-corrected chi connectivity index (χ4v) is 3.93. The van der Waals surface area contributed by atoms with Gasteiger partial charge >= 0.3 is 5.69 Å². The van der Waals surface area contributed by atoms with E-state index in [-0.39, 0.29) is 29.3 Å². The summed E-state index contributed by atoms with van der Waals surface area (Å²) >= 11 is 0. The molecule has 0 aliphatic heterocycles. The van der Waals surface area contributed by atoms with Gasteiger partial charge in [-0.15, -0.1) is 0 Å². The first-order valence-corrected chi connectivity index (χ1v) is 11.7. The average molecular weight is 513 g/mol. The van der Waals surface area contributed by atoms with Crippen molar-refractivity contribution in [2.75, 3.05) is 14.1 Å². The lowest BCUT2D eigenvalue weighted by atomic mass is 10.1. The first-order valence-electron chi connectivity index (χ1n) is 11.7. The van der Waals surface area contributed by atoms with E-state index in [2.05, 4.69) is 16.2 Å². The quantitative estimate of drug-likeness (QED) is 0.152. The monoisotopic (exact) mass is 512 g/mol. The van der Waals surface area contributed by atoms with Crippen molar-refractivity contribution in [1.82, 2.24) is 23.8 Å². The van der Waals surface area contributed by atoms with Crippen molar-refractivity contribution in [1.29, 1.82) is 5.26 Å². The molecule has 4 aromatic rings. The molecular weight excluding hydrogens is 488 g/mol. The van der Waals surface area contributed by atoms with Crippen LogP contribution in [0.15, 0.2) is 75.4 Å². The van der Waals surface area contributed by atoms with Gasteiger partial charge in [-0.25, -0.2) is 19.0 Å². The van der Waals surface area contributed by atoms with Crippen LogP contribution in [-0.4, -0.2) is 49.2 Å². The molecule has 0 atom stereocenters. The maximum Gasteiger partial charge on any atom is 0.337 e. The molecule has 0 radical (unpaired) electrons. The Morgan fingerprint density at radius 2 is 1.87 bits per heavy atom. The smallest absolute Gasteiger partial charge is 0.337 e. The summed E-state index contributed by atoms with van der Waals surface area (Å²) < 4.78 is 3.82. The zero-order valence-electron chi connectivity index (χ0n) is 21.0. The zero-order valence-corrected chi connectivity index (χ0v) is 21.0. The second-order valence-electron chi connectivity index (χ2n) is 8.55. The van der Waals surface area contributed by atoms with Crippen molar-refractivity contribution in [2.45, 2.75) is 19.9 Å². The number of nitro benzene ring substituents is 1. The summed E-state index contributed by atoms with van der Waals surface area (Å²) in [4.78, 5) is 44.6. The molecule has 0 N–H and O–H groups in total. The number of hydrogen-bond donors (Lipinski definition) is 0. The summed E-state index contributed by atoms with van der Waals surface area (Å²) in [5.41, 5.74) is 0.222. The van der Waals surface area contributed by atoms with Gasteiger partial charge in [-0.1, -0.05) is 13.0 Å².